The summed E-state index contributed by atoms with van der Waals surface area (Å²) in [6.07, 6.45) is 1.89. The van der Waals surface area contributed by atoms with Crippen LogP contribution in [0.15, 0.2) is 131 Å². The summed E-state index contributed by atoms with van der Waals surface area (Å²) in [4.78, 5) is 26.0. The molecular formula is C45H49ClN8O5S2. The second kappa shape index (κ2) is 19.6. The molecule has 16 heteroatoms. The zero-order chi connectivity index (χ0) is 43.0. The molecule has 1 aromatic heterocycles. The number of sulfonamides is 1. The Bertz CT molecular complexity index is 2560. The normalized spacial score (nSPS) is 14.2. The van der Waals surface area contributed by atoms with Gasteiger partial charge in [-0.1, -0.05) is 66.2 Å². The van der Waals surface area contributed by atoms with E-state index in [1.807, 2.05) is 72.8 Å². The molecule has 0 aliphatic carbocycles. The van der Waals surface area contributed by atoms with Gasteiger partial charge in [-0.3, -0.25) is 19.7 Å². The van der Waals surface area contributed by atoms with Crippen molar-refractivity contribution < 1.29 is 18.4 Å². The first-order valence-electron chi connectivity index (χ1n) is 20.1. The molecule has 1 saturated heterocycles. The molecule has 0 amide bonds. The summed E-state index contributed by atoms with van der Waals surface area (Å²) in [5.41, 5.74) is 3.96. The maximum absolute atomic E-state index is 13.8. The SMILES string of the molecule is CC(C)(O)CNCC[C@H](CSc1ccccc1)Nc1ccc(S(=O)(=O)Nc2ncnc3cc(N4CCN(Cc5cc(Cl)ccc5-c5ccccc5)CC4)ccc23)cc1[N+](=O)[O-]. The highest BCUT2D eigenvalue weighted by Gasteiger charge is 2.25. The Morgan fingerprint density at radius 1 is 0.918 bits per heavy atom. The van der Waals surface area contributed by atoms with Crippen LogP contribution in [0, 0.1) is 10.1 Å². The van der Waals surface area contributed by atoms with Crippen molar-refractivity contribution in [1.29, 1.82) is 0 Å². The van der Waals surface area contributed by atoms with Crippen molar-refractivity contribution >= 4 is 67.2 Å². The minimum atomic E-state index is -4.30. The molecule has 5 aromatic carbocycles. The molecule has 0 spiro atoms. The third-order valence-corrected chi connectivity index (χ3v) is 13.1. The monoisotopic (exact) mass is 880 g/mol. The number of nitro benzene ring substituents is 1. The summed E-state index contributed by atoms with van der Waals surface area (Å²) in [7, 11) is -4.30. The average molecular weight is 882 g/mol. The summed E-state index contributed by atoms with van der Waals surface area (Å²) in [6.45, 7) is 8.37. The van der Waals surface area contributed by atoms with Crippen LogP contribution in [-0.4, -0.2) is 90.0 Å². The molecule has 13 nitrogen and oxygen atoms in total. The lowest BCUT2D eigenvalue weighted by atomic mass is 9.99. The van der Waals surface area contributed by atoms with Crippen molar-refractivity contribution in [3.63, 3.8) is 0 Å². The van der Waals surface area contributed by atoms with Gasteiger partial charge in [-0.05, 0) is 98.1 Å². The van der Waals surface area contributed by atoms with Gasteiger partial charge in [-0.25, -0.2) is 18.4 Å². The number of aromatic nitrogens is 2. The Morgan fingerprint density at radius 3 is 2.38 bits per heavy atom. The fourth-order valence-electron chi connectivity index (χ4n) is 7.26. The molecule has 2 heterocycles. The van der Waals surface area contributed by atoms with E-state index in [0.29, 0.717) is 41.2 Å². The minimum Gasteiger partial charge on any atom is -0.389 e. The van der Waals surface area contributed by atoms with Gasteiger partial charge in [-0.2, -0.15) is 0 Å². The van der Waals surface area contributed by atoms with E-state index in [0.717, 1.165) is 54.9 Å². The number of anilines is 3. The van der Waals surface area contributed by atoms with Crippen LogP contribution in [0.25, 0.3) is 22.0 Å². The van der Waals surface area contributed by atoms with E-state index in [2.05, 4.69) is 53.3 Å². The van der Waals surface area contributed by atoms with Crippen LogP contribution in [-0.2, 0) is 16.6 Å². The number of nitrogens with zero attached hydrogens (tertiary/aromatic N) is 5. The Hall–Kier alpha value is -5.29. The summed E-state index contributed by atoms with van der Waals surface area (Å²) in [5, 5.41) is 30.2. The zero-order valence-corrected chi connectivity index (χ0v) is 36.4. The first-order valence-corrected chi connectivity index (χ1v) is 22.9. The highest BCUT2D eigenvalue weighted by Crippen LogP contribution is 2.33. The van der Waals surface area contributed by atoms with Crippen molar-refractivity contribution in [2.45, 2.75) is 48.2 Å². The number of hydrogen-bond donors (Lipinski definition) is 4. The topological polar surface area (TPSA) is 166 Å². The van der Waals surface area contributed by atoms with Crippen LogP contribution in [0.4, 0.5) is 22.9 Å². The number of halogens is 1. The molecule has 0 saturated carbocycles. The van der Waals surface area contributed by atoms with Gasteiger partial charge in [0.1, 0.15) is 12.0 Å². The molecule has 0 unspecified atom stereocenters. The van der Waals surface area contributed by atoms with Gasteiger partial charge in [0.25, 0.3) is 15.7 Å². The number of hydrogen-bond acceptors (Lipinski definition) is 12. The number of fused-ring (bicyclic) bond motifs is 1. The maximum atomic E-state index is 13.8. The van der Waals surface area contributed by atoms with Gasteiger partial charge in [0.15, 0.2) is 5.82 Å². The van der Waals surface area contributed by atoms with Crippen LogP contribution in [0.3, 0.4) is 0 Å². The van der Waals surface area contributed by atoms with Crippen molar-refractivity contribution in [2.24, 2.45) is 0 Å². The lowest BCUT2D eigenvalue weighted by Crippen LogP contribution is -2.46. The quantitative estimate of drug-likeness (QED) is 0.0283. The molecule has 0 radical (unpaired) electrons. The Morgan fingerprint density at radius 2 is 1.66 bits per heavy atom. The Balaban J connectivity index is 1.02. The molecule has 6 aromatic rings. The second-order valence-corrected chi connectivity index (χ2v) is 18.9. The van der Waals surface area contributed by atoms with E-state index in [-0.39, 0.29) is 28.1 Å². The van der Waals surface area contributed by atoms with E-state index >= 15 is 0 Å². The van der Waals surface area contributed by atoms with Crippen molar-refractivity contribution in [2.75, 3.05) is 60.0 Å². The van der Waals surface area contributed by atoms with Crippen molar-refractivity contribution in [3.8, 4) is 11.1 Å². The predicted octanol–water partition coefficient (Wildman–Crippen LogP) is 8.30. The Kier molecular flexibility index (Phi) is 14.1. The molecule has 1 fully saturated rings. The lowest BCUT2D eigenvalue weighted by Gasteiger charge is -2.36. The smallest absolute Gasteiger partial charge is 0.293 e. The van der Waals surface area contributed by atoms with E-state index in [1.165, 1.54) is 29.6 Å². The van der Waals surface area contributed by atoms with E-state index in [1.54, 1.807) is 31.7 Å². The predicted molar refractivity (Wildman–Crippen MR) is 246 cm³/mol. The van der Waals surface area contributed by atoms with Crippen molar-refractivity contribution in [3.05, 3.63) is 142 Å². The summed E-state index contributed by atoms with van der Waals surface area (Å²) in [6, 6.07) is 35.5. The minimum absolute atomic E-state index is 0.0681. The molecule has 4 N–H and O–H groups in total. The highest BCUT2D eigenvalue weighted by atomic mass is 35.5. The largest absolute Gasteiger partial charge is 0.389 e. The molecule has 1 atom stereocenters. The molecule has 1 aliphatic heterocycles. The number of benzene rings is 5. The summed E-state index contributed by atoms with van der Waals surface area (Å²) >= 11 is 8.04. The molecule has 7 rings (SSSR count). The fraction of sp³-hybridized carbons (Fsp3) is 0.289. The molecule has 61 heavy (non-hydrogen) atoms. The molecule has 0 bridgehead atoms. The number of aliphatic hydroxyl groups is 1. The molecule has 318 valence electrons. The molecule has 1 aliphatic rings. The number of nitro groups is 1. The maximum Gasteiger partial charge on any atom is 0.293 e. The number of thioether (sulfide) groups is 1. The third-order valence-electron chi connectivity index (χ3n) is 10.4. The lowest BCUT2D eigenvalue weighted by molar-refractivity contribution is -0.384. The standard InChI is InChI=1S/C45H49ClN8O5S2/c1-45(2,55)30-47-20-19-35(29-60-37-11-7-4-8-12-37)50-41-18-15-38(27-43(41)54(56)57)61(58,59)51-44-40-17-14-36(26-42(40)48-31-49-44)53-23-21-52(22-24-53)28-33-25-34(46)13-16-39(33)32-9-5-3-6-10-32/h3-18,25-27,31,35,47,50,55H,19-24,28-30H2,1-2H3,(H,48,49,51)/t35-/m1/s1. The van der Waals surface area contributed by atoms with Crippen LogP contribution in [0.5, 0.6) is 0 Å². The first kappa shape index (κ1) is 43.8. The first-order chi connectivity index (χ1) is 29.3. The van der Waals surface area contributed by atoms with Crippen molar-refractivity contribution in [1.82, 2.24) is 20.2 Å². The fourth-order valence-corrected chi connectivity index (χ4v) is 9.50. The number of nitrogens with one attached hydrogen (secondary N) is 3. The Labute approximate surface area is 365 Å². The van der Waals surface area contributed by atoms with Crippen LogP contribution >= 0.6 is 23.4 Å². The second-order valence-electron chi connectivity index (χ2n) is 15.6. The summed E-state index contributed by atoms with van der Waals surface area (Å²) < 4.78 is 30.1. The van der Waals surface area contributed by atoms with Gasteiger partial charge in [0.2, 0.25) is 0 Å². The van der Waals surface area contributed by atoms with Crippen LogP contribution in [0.2, 0.25) is 5.02 Å². The van der Waals surface area contributed by atoms with Crippen LogP contribution in [0.1, 0.15) is 25.8 Å². The molecular weight excluding hydrogens is 832 g/mol. The average Bonchev–Trinajstić information content (AvgIpc) is 3.24. The van der Waals surface area contributed by atoms with E-state index < -0.39 is 20.5 Å². The van der Waals surface area contributed by atoms with Gasteiger partial charge in [0, 0.05) is 78.1 Å². The highest BCUT2D eigenvalue weighted by molar-refractivity contribution is 7.99. The van der Waals surface area contributed by atoms with Gasteiger partial charge in [-0.15, -0.1) is 11.8 Å². The van der Waals surface area contributed by atoms with Gasteiger partial charge < -0.3 is 20.6 Å². The van der Waals surface area contributed by atoms with E-state index in [4.69, 9.17) is 11.6 Å². The number of rotatable bonds is 18. The zero-order valence-electron chi connectivity index (χ0n) is 34.0. The van der Waals surface area contributed by atoms with E-state index in [9.17, 15) is 23.6 Å². The van der Waals surface area contributed by atoms with Gasteiger partial charge in [0.05, 0.1) is 20.9 Å². The van der Waals surface area contributed by atoms with Crippen LogP contribution < -0.4 is 20.3 Å². The summed E-state index contributed by atoms with van der Waals surface area (Å²) in [5.74, 6) is 0.657. The third kappa shape index (κ3) is 11.8. The van der Waals surface area contributed by atoms with Gasteiger partial charge >= 0.3 is 0 Å². The number of piperazine rings is 1.